The third-order valence-electron chi connectivity index (χ3n) is 8.21. The van der Waals surface area contributed by atoms with E-state index in [1.54, 1.807) is 0 Å². The van der Waals surface area contributed by atoms with Crippen LogP contribution in [0.4, 0.5) is 18.9 Å². The van der Waals surface area contributed by atoms with Crippen molar-refractivity contribution in [2.45, 2.75) is 61.1 Å². The van der Waals surface area contributed by atoms with Crippen molar-refractivity contribution in [2.75, 3.05) is 11.9 Å². The second-order valence-electron chi connectivity index (χ2n) is 10.9. The third-order valence-corrected chi connectivity index (χ3v) is 10.9. The molecule has 9 nitrogen and oxygen atoms in total. The lowest BCUT2D eigenvalue weighted by atomic mass is 9.73. The van der Waals surface area contributed by atoms with Gasteiger partial charge in [0.2, 0.25) is 0 Å². The zero-order valence-corrected chi connectivity index (χ0v) is 23.6. The van der Waals surface area contributed by atoms with Gasteiger partial charge in [0.1, 0.15) is 0 Å². The van der Waals surface area contributed by atoms with Crippen molar-refractivity contribution in [1.82, 2.24) is 5.32 Å². The van der Waals surface area contributed by atoms with E-state index in [4.69, 9.17) is 11.6 Å². The quantitative estimate of drug-likeness (QED) is 0.285. The van der Waals surface area contributed by atoms with E-state index in [-0.39, 0.29) is 46.5 Å². The molecule has 4 rings (SSSR count). The lowest BCUT2D eigenvalue weighted by Crippen LogP contribution is -2.56. The van der Waals surface area contributed by atoms with E-state index in [1.807, 2.05) is 6.92 Å². The van der Waals surface area contributed by atoms with Crippen molar-refractivity contribution < 1.29 is 46.5 Å². The molecule has 224 valence electrons. The number of aliphatic hydroxyl groups excluding tert-OH is 2. The average molecular weight is 619 g/mol. The summed E-state index contributed by atoms with van der Waals surface area (Å²) < 4.78 is 67.9. The van der Waals surface area contributed by atoms with Gasteiger partial charge in [-0.1, -0.05) is 18.5 Å². The van der Waals surface area contributed by atoms with Gasteiger partial charge in [-0.25, -0.2) is 21.6 Å². The molecule has 0 aliphatic heterocycles. The Balaban J connectivity index is 1.54. The first-order chi connectivity index (χ1) is 19.1. The minimum atomic E-state index is -4.15. The van der Waals surface area contributed by atoms with Crippen LogP contribution in [0, 0.1) is 35.2 Å². The number of carbonyl (C=O) groups is 2. The van der Waals surface area contributed by atoms with Crippen molar-refractivity contribution >= 4 is 38.9 Å². The summed E-state index contributed by atoms with van der Waals surface area (Å²) in [7, 11) is -4.15. The minimum absolute atomic E-state index is 0.0339. The Hall–Kier alpha value is -2.71. The van der Waals surface area contributed by atoms with Gasteiger partial charge in [0.15, 0.2) is 33.4 Å². The van der Waals surface area contributed by atoms with E-state index in [9.17, 15) is 46.5 Å². The van der Waals surface area contributed by atoms with Crippen LogP contribution in [-0.4, -0.2) is 65.2 Å². The predicted molar refractivity (Wildman–Crippen MR) is 142 cm³/mol. The Kier molecular flexibility index (Phi) is 8.78. The molecule has 2 amide bonds. The molecule has 0 radical (unpaired) electrons. The van der Waals surface area contributed by atoms with Gasteiger partial charge in [-0.3, -0.25) is 9.59 Å². The fourth-order valence-electron chi connectivity index (χ4n) is 6.00. The number of sulfone groups is 1. The number of nitrogens with one attached hydrogen (secondary N) is 2. The van der Waals surface area contributed by atoms with Crippen LogP contribution in [-0.2, 0) is 14.6 Å². The van der Waals surface area contributed by atoms with Crippen LogP contribution < -0.4 is 10.6 Å². The summed E-state index contributed by atoms with van der Waals surface area (Å²) in [5.74, 6) is -7.64. The summed E-state index contributed by atoms with van der Waals surface area (Å²) in [5.41, 5.74) is -2.00. The van der Waals surface area contributed by atoms with Gasteiger partial charge < -0.3 is 26.0 Å². The minimum Gasteiger partial charge on any atom is -0.390 e. The van der Waals surface area contributed by atoms with Gasteiger partial charge in [0, 0.05) is 29.9 Å². The first-order valence-corrected chi connectivity index (χ1v) is 14.8. The molecule has 2 unspecified atom stereocenters. The van der Waals surface area contributed by atoms with Gasteiger partial charge in [0.25, 0.3) is 11.8 Å². The fraction of sp³-hybridized carbons (Fsp3) is 0.481. The van der Waals surface area contributed by atoms with Crippen molar-refractivity contribution in [3.05, 3.63) is 58.4 Å². The summed E-state index contributed by atoms with van der Waals surface area (Å²) in [5, 5.41) is 34.3. The molecule has 2 fully saturated rings. The zero-order valence-electron chi connectivity index (χ0n) is 22.1. The van der Waals surface area contributed by atoms with Crippen LogP contribution in [0.25, 0.3) is 0 Å². The lowest BCUT2D eigenvalue weighted by Gasteiger charge is -2.43. The molecular weight excluding hydrogens is 589 g/mol. The predicted octanol–water partition coefficient (Wildman–Crippen LogP) is 2.81. The fourth-order valence-corrected chi connectivity index (χ4v) is 8.38. The highest BCUT2D eigenvalue weighted by Crippen LogP contribution is 2.54. The first kappa shape index (κ1) is 31.2. The second kappa shape index (κ2) is 11.5. The summed E-state index contributed by atoms with van der Waals surface area (Å²) in [6, 6.07) is 4.64. The molecule has 0 spiro atoms. The second-order valence-corrected chi connectivity index (χ2v) is 13.5. The van der Waals surface area contributed by atoms with E-state index in [1.165, 1.54) is 19.1 Å². The molecule has 2 aliphatic carbocycles. The Morgan fingerprint density at radius 2 is 1.73 bits per heavy atom. The number of hydrogen-bond donors (Lipinski definition) is 5. The van der Waals surface area contributed by atoms with E-state index < -0.39 is 74.0 Å². The summed E-state index contributed by atoms with van der Waals surface area (Å²) >= 11 is 6.24. The lowest BCUT2D eigenvalue weighted by molar-refractivity contribution is -0.137. The Morgan fingerprint density at radius 3 is 2.32 bits per heavy atom. The summed E-state index contributed by atoms with van der Waals surface area (Å²) in [4.78, 5) is 24.6. The van der Waals surface area contributed by atoms with E-state index in [0.717, 1.165) is 6.07 Å². The smallest absolute Gasteiger partial charge is 0.255 e. The molecule has 14 heteroatoms. The van der Waals surface area contributed by atoms with Gasteiger partial charge in [-0.15, -0.1) is 0 Å². The normalized spacial score (nSPS) is 27.2. The number of halogens is 4. The molecule has 0 saturated heterocycles. The first-order valence-electron chi connectivity index (χ1n) is 12.9. The zero-order chi connectivity index (χ0) is 30.4. The molecule has 2 aromatic rings. The summed E-state index contributed by atoms with van der Waals surface area (Å²) in [6.45, 7) is 2.88. The van der Waals surface area contributed by atoms with Gasteiger partial charge in [0.05, 0.1) is 26.9 Å². The maximum Gasteiger partial charge on any atom is 0.255 e. The molecule has 0 aromatic heterocycles. The van der Waals surface area contributed by atoms with Crippen LogP contribution in [0.5, 0.6) is 0 Å². The monoisotopic (exact) mass is 618 g/mol. The third kappa shape index (κ3) is 5.96. The number of rotatable bonds is 8. The number of amides is 2. The topological polar surface area (TPSA) is 153 Å². The highest BCUT2D eigenvalue weighted by atomic mass is 35.5. The van der Waals surface area contributed by atoms with Gasteiger partial charge >= 0.3 is 0 Å². The molecule has 7 atom stereocenters. The van der Waals surface area contributed by atoms with Crippen molar-refractivity contribution in [3.8, 4) is 0 Å². The number of aliphatic hydroxyl groups is 3. The number of fused-ring (bicyclic) bond motifs is 2. The van der Waals surface area contributed by atoms with E-state index in [2.05, 4.69) is 10.6 Å². The molecule has 0 heterocycles. The van der Waals surface area contributed by atoms with Gasteiger partial charge in [-0.05, 0) is 62.1 Å². The number of benzene rings is 2. The molecule has 2 bridgehead atoms. The number of anilines is 1. The van der Waals surface area contributed by atoms with Crippen LogP contribution in [0.2, 0.25) is 5.02 Å². The average Bonchev–Trinajstić information content (AvgIpc) is 3.02. The van der Waals surface area contributed by atoms with E-state index >= 15 is 0 Å². The van der Waals surface area contributed by atoms with Crippen molar-refractivity contribution in [2.24, 2.45) is 17.8 Å². The molecule has 2 aliphatic rings. The SMILES string of the molecule is C[C@H]1CC2C[C@@H](S(=O)(=O)c3cc(C(=O)Nc4cc(F)c(F)c(F)c4)ccc3Cl)CC1[C@@]2(O)CNC(=O)[C@@H](O)[C@@H](C)O. The molecule has 5 N–H and O–H groups in total. The number of carbonyl (C=O) groups excluding carboxylic acids is 2. The maximum absolute atomic E-state index is 13.8. The number of hydrogen-bond acceptors (Lipinski definition) is 7. The molecular formula is C27H30ClF3N2O7S. The molecule has 2 saturated carbocycles. The Labute approximate surface area is 239 Å². The van der Waals surface area contributed by atoms with Crippen LogP contribution in [0.15, 0.2) is 35.2 Å². The molecule has 41 heavy (non-hydrogen) atoms. The van der Waals surface area contributed by atoms with Crippen molar-refractivity contribution in [1.29, 1.82) is 0 Å². The summed E-state index contributed by atoms with van der Waals surface area (Å²) in [6.07, 6.45) is -2.44. The van der Waals surface area contributed by atoms with Crippen LogP contribution in [0.3, 0.4) is 0 Å². The largest absolute Gasteiger partial charge is 0.390 e. The van der Waals surface area contributed by atoms with Crippen LogP contribution in [0.1, 0.15) is 43.5 Å². The molecule has 2 aromatic carbocycles. The van der Waals surface area contributed by atoms with E-state index in [0.29, 0.717) is 18.6 Å². The highest BCUT2D eigenvalue weighted by Gasteiger charge is 2.58. The van der Waals surface area contributed by atoms with Gasteiger partial charge in [-0.2, -0.15) is 0 Å². The maximum atomic E-state index is 13.8. The van der Waals surface area contributed by atoms with Crippen LogP contribution >= 0.6 is 11.6 Å². The highest BCUT2D eigenvalue weighted by molar-refractivity contribution is 7.92. The Morgan fingerprint density at radius 1 is 1.10 bits per heavy atom. The standard InChI is InChI=1S/C27H30ClF3N2O7S/c1-12-5-15-7-17(10-18(12)27(15,38)11-32-26(37)24(35)13(2)34)41(39,40)22-6-14(3-4-19(22)28)25(36)33-16-8-20(29)23(31)21(30)9-16/h3-4,6,8-9,12-13,15,17-18,24,34-35,38H,5,7,10-11H2,1-2H3,(H,32,37)(H,33,36)/t12-,13+,15?,17+,18?,24-,27+/m0/s1. The van der Waals surface area contributed by atoms with Crippen molar-refractivity contribution in [3.63, 3.8) is 0 Å². The Bertz CT molecular complexity index is 1450.